The molecule has 3 amide bonds. The highest BCUT2D eigenvalue weighted by molar-refractivity contribution is 6.07. The van der Waals surface area contributed by atoms with Crippen molar-refractivity contribution in [1.82, 2.24) is 15.1 Å². The van der Waals surface area contributed by atoms with Crippen LogP contribution in [-0.2, 0) is 9.59 Å². The van der Waals surface area contributed by atoms with Gasteiger partial charge >= 0.3 is 12.0 Å². The zero-order valence-electron chi connectivity index (χ0n) is 16.3. The predicted molar refractivity (Wildman–Crippen MR) is 105 cm³/mol. The molecule has 2 rings (SSSR count). The molecule has 0 radical (unpaired) electrons. The third-order valence-corrected chi connectivity index (χ3v) is 5.06. The molecule has 0 spiro atoms. The Morgan fingerprint density at radius 3 is 2.54 bits per heavy atom. The second-order valence-electron chi connectivity index (χ2n) is 6.92. The Bertz CT molecular complexity index is 737. The summed E-state index contributed by atoms with van der Waals surface area (Å²) in [5.74, 6) is -2.01. The van der Waals surface area contributed by atoms with Gasteiger partial charge in [-0.05, 0) is 24.8 Å². The number of carboxylic acid groups (broad SMARTS) is 1. The minimum absolute atomic E-state index is 0.241. The minimum Gasteiger partial charge on any atom is -0.480 e. The van der Waals surface area contributed by atoms with Crippen LogP contribution in [0.3, 0.4) is 0 Å². The van der Waals surface area contributed by atoms with Crippen molar-refractivity contribution in [2.75, 3.05) is 13.6 Å². The monoisotopic (exact) mass is 388 g/mol. The van der Waals surface area contributed by atoms with Crippen molar-refractivity contribution in [3.05, 3.63) is 48.3 Å². The lowest BCUT2D eigenvalue weighted by atomic mass is 9.83. The fourth-order valence-electron chi connectivity index (χ4n) is 3.61. The molecule has 1 fully saturated rings. The van der Waals surface area contributed by atoms with Gasteiger partial charge in [0.15, 0.2) is 6.04 Å². The SMILES string of the molecule is C=C(N)NCCC[C@H]1C(=O)N(C(=O)N(C)C(CC)c2ccccc2)C1C(=O)O. The van der Waals surface area contributed by atoms with Crippen molar-refractivity contribution in [3.63, 3.8) is 0 Å². The van der Waals surface area contributed by atoms with E-state index in [2.05, 4.69) is 11.9 Å². The van der Waals surface area contributed by atoms with Crippen LogP contribution in [0.2, 0.25) is 0 Å². The Kier molecular flexibility index (Phi) is 7.03. The predicted octanol–water partition coefficient (Wildman–Crippen LogP) is 1.90. The highest BCUT2D eigenvalue weighted by Gasteiger charge is 2.55. The molecule has 28 heavy (non-hydrogen) atoms. The van der Waals surface area contributed by atoms with Crippen molar-refractivity contribution in [2.24, 2.45) is 11.7 Å². The summed E-state index contributed by atoms with van der Waals surface area (Å²) in [6.07, 6.45) is 1.55. The van der Waals surface area contributed by atoms with Gasteiger partial charge in [-0.15, -0.1) is 0 Å². The van der Waals surface area contributed by atoms with E-state index < -0.39 is 29.9 Å². The molecular weight excluding hydrogens is 360 g/mol. The molecule has 0 aliphatic carbocycles. The van der Waals surface area contributed by atoms with Crippen molar-refractivity contribution >= 4 is 17.9 Å². The fraction of sp³-hybridized carbons (Fsp3) is 0.450. The second kappa shape index (κ2) is 9.25. The number of nitrogens with zero attached hydrogens (tertiary/aromatic N) is 2. The number of amides is 3. The lowest BCUT2D eigenvalue weighted by molar-refractivity contribution is -0.167. The van der Waals surface area contributed by atoms with Gasteiger partial charge in [-0.25, -0.2) is 14.5 Å². The number of β-lactam (4-membered cyclic amide) rings is 1. The number of carbonyl (C=O) groups is 3. The number of imide groups is 1. The van der Waals surface area contributed by atoms with E-state index in [1.807, 2.05) is 37.3 Å². The smallest absolute Gasteiger partial charge is 0.327 e. The zero-order chi connectivity index (χ0) is 20.8. The third kappa shape index (κ3) is 4.44. The molecular formula is C20H28N4O4. The summed E-state index contributed by atoms with van der Waals surface area (Å²) in [4.78, 5) is 39.5. The minimum atomic E-state index is -1.17. The summed E-state index contributed by atoms with van der Waals surface area (Å²) in [6, 6.07) is 7.49. The van der Waals surface area contributed by atoms with E-state index in [0.29, 0.717) is 31.6 Å². The maximum absolute atomic E-state index is 12.9. The first-order valence-electron chi connectivity index (χ1n) is 9.35. The third-order valence-electron chi connectivity index (χ3n) is 5.06. The number of hydrogen-bond donors (Lipinski definition) is 3. The second-order valence-corrected chi connectivity index (χ2v) is 6.92. The number of nitrogens with two attached hydrogens (primary N) is 1. The van der Waals surface area contributed by atoms with Gasteiger partial charge in [0.05, 0.1) is 17.8 Å². The topological polar surface area (TPSA) is 116 Å². The fourth-order valence-corrected chi connectivity index (χ4v) is 3.61. The maximum atomic E-state index is 12.9. The molecule has 3 atom stereocenters. The number of carbonyl (C=O) groups excluding carboxylic acids is 2. The molecule has 1 aliphatic heterocycles. The molecule has 1 heterocycles. The number of carboxylic acids is 1. The first kappa shape index (κ1) is 21.3. The molecule has 8 nitrogen and oxygen atoms in total. The van der Waals surface area contributed by atoms with Gasteiger partial charge in [0, 0.05) is 13.6 Å². The molecule has 2 unspecified atom stereocenters. The first-order valence-corrected chi connectivity index (χ1v) is 9.35. The number of likely N-dealkylation sites (tertiary alicyclic amines) is 1. The lowest BCUT2D eigenvalue weighted by Gasteiger charge is -2.45. The molecule has 1 saturated heterocycles. The summed E-state index contributed by atoms with van der Waals surface area (Å²) in [6.45, 7) is 5.95. The van der Waals surface area contributed by atoms with Crippen LogP contribution in [0.5, 0.6) is 0 Å². The van der Waals surface area contributed by atoms with E-state index in [9.17, 15) is 19.5 Å². The van der Waals surface area contributed by atoms with E-state index >= 15 is 0 Å². The first-order chi connectivity index (χ1) is 13.3. The molecule has 1 aromatic carbocycles. The summed E-state index contributed by atoms with van der Waals surface area (Å²) < 4.78 is 0. The van der Waals surface area contributed by atoms with Crippen molar-refractivity contribution in [3.8, 4) is 0 Å². The van der Waals surface area contributed by atoms with Gasteiger partial charge < -0.3 is 21.1 Å². The summed E-state index contributed by atoms with van der Waals surface area (Å²) in [5, 5.41) is 12.4. The molecule has 1 aliphatic rings. The van der Waals surface area contributed by atoms with Gasteiger partial charge in [0.1, 0.15) is 0 Å². The van der Waals surface area contributed by atoms with Crippen LogP contribution in [-0.4, -0.2) is 52.4 Å². The Morgan fingerprint density at radius 1 is 1.36 bits per heavy atom. The van der Waals surface area contributed by atoms with Gasteiger partial charge in [0.25, 0.3) is 0 Å². The molecule has 0 aromatic heterocycles. The van der Waals surface area contributed by atoms with Crippen LogP contribution < -0.4 is 11.1 Å². The Morgan fingerprint density at radius 2 is 2.00 bits per heavy atom. The van der Waals surface area contributed by atoms with Crippen LogP contribution >= 0.6 is 0 Å². The molecule has 152 valence electrons. The Labute approximate surface area is 165 Å². The number of aliphatic carboxylic acids is 1. The van der Waals surface area contributed by atoms with Crippen LogP contribution in [0.1, 0.15) is 37.8 Å². The summed E-state index contributed by atoms with van der Waals surface area (Å²) in [7, 11) is 1.60. The van der Waals surface area contributed by atoms with E-state index in [0.717, 1.165) is 10.5 Å². The molecule has 4 N–H and O–H groups in total. The maximum Gasteiger partial charge on any atom is 0.327 e. The normalized spacial score (nSPS) is 19.5. The molecule has 0 saturated carbocycles. The number of rotatable bonds is 9. The van der Waals surface area contributed by atoms with E-state index in [-0.39, 0.29) is 6.04 Å². The molecule has 0 bridgehead atoms. The Balaban J connectivity index is 2.08. The van der Waals surface area contributed by atoms with Crippen molar-refractivity contribution in [2.45, 2.75) is 38.3 Å². The van der Waals surface area contributed by atoms with Gasteiger partial charge in [0.2, 0.25) is 5.91 Å². The number of benzene rings is 1. The van der Waals surface area contributed by atoms with Crippen molar-refractivity contribution < 1.29 is 19.5 Å². The quantitative estimate of drug-likeness (QED) is 0.439. The molecule has 8 heteroatoms. The van der Waals surface area contributed by atoms with Crippen LogP contribution in [0, 0.1) is 5.92 Å². The van der Waals surface area contributed by atoms with Gasteiger partial charge in [-0.3, -0.25) is 4.79 Å². The average Bonchev–Trinajstić information content (AvgIpc) is 2.66. The van der Waals surface area contributed by atoms with E-state index in [4.69, 9.17) is 5.73 Å². The average molecular weight is 388 g/mol. The number of hydrogen-bond acceptors (Lipinski definition) is 5. The van der Waals surface area contributed by atoms with Gasteiger partial charge in [-0.1, -0.05) is 43.8 Å². The highest BCUT2D eigenvalue weighted by atomic mass is 16.4. The van der Waals surface area contributed by atoms with E-state index in [1.165, 1.54) is 4.90 Å². The van der Waals surface area contributed by atoms with Crippen LogP contribution in [0.15, 0.2) is 42.7 Å². The van der Waals surface area contributed by atoms with E-state index in [1.54, 1.807) is 7.05 Å². The number of nitrogens with one attached hydrogen (secondary N) is 1. The zero-order valence-corrected chi connectivity index (χ0v) is 16.3. The van der Waals surface area contributed by atoms with Crippen LogP contribution in [0.25, 0.3) is 0 Å². The summed E-state index contributed by atoms with van der Waals surface area (Å²) in [5.41, 5.74) is 6.35. The van der Waals surface area contributed by atoms with Crippen molar-refractivity contribution in [1.29, 1.82) is 0 Å². The number of urea groups is 1. The van der Waals surface area contributed by atoms with Crippen LogP contribution in [0.4, 0.5) is 4.79 Å². The largest absolute Gasteiger partial charge is 0.480 e. The molecule has 1 aromatic rings. The highest BCUT2D eigenvalue weighted by Crippen LogP contribution is 2.34. The summed E-state index contributed by atoms with van der Waals surface area (Å²) >= 11 is 0. The Hall–Kier alpha value is -3.03. The van der Waals surface area contributed by atoms with Gasteiger partial charge in [-0.2, -0.15) is 0 Å². The standard InChI is InChI=1S/C20H28N4O4/c1-4-16(14-9-6-5-7-10-14)23(3)20(28)24-17(19(26)27)15(18(24)25)11-8-12-22-13(2)21/h5-7,9-10,15-17,22H,2,4,8,11-12,21H2,1,3H3,(H,26,27)/t15-,16?,17?/m1/s1. The lowest BCUT2D eigenvalue weighted by Crippen LogP contribution is -2.68.